The molecule has 0 saturated carbocycles. The predicted molar refractivity (Wildman–Crippen MR) is 38.6 cm³/mol. The number of hydrogen-bond donors (Lipinski definition) is 0. The highest BCUT2D eigenvalue weighted by Gasteiger charge is 1.97. The zero-order valence-corrected chi connectivity index (χ0v) is 5.99. The Labute approximate surface area is 67.7 Å². The van der Waals surface area contributed by atoms with Gasteiger partial charge in [0.1, 0.15) is 0 Å². The van der Waals surface area contributed by atoms with Crippen molar-refractivity contribution in [2.45, 2.75) is 0 Å². The fourth-order valence-electron chi connectivity index (χ4n) is 0.767. The summed E-state index contributed by atoms with van der Waals surface area (Å²) >= 11 is 0. The molecule has 2 heterocycles. The molecule has 0 aliphatic rings. The van der Waals surface area contributed by atoms with Gasteiger partial charge >= 0.3 is 0 Å². The summed E-state index contributed by atoms with van der Waals surface area (Å²) in [6.07, 6.45) is 4.69. The van der Waals surface area contributed by atoms with Crippen LogP contribution in [0.2, 0.25) is 0 Å². The summed E-state index contributed by atoms with van der Waals surface area (Å²) in [5, 5.41) is 21.4. The first kappa shape index (κ1) is 6.71. The van der Waals surface area contributed by atoms with Gasteiger partial charge in [-0.15, -0.1) is 20.4 Å². The van der Waals surface area contributed by atoms with Crippen molar-refractivity contribution >= 4 is 0 Å². The fourth-order valence-corrected chi connectivity index (χ4v) is 0.767. The highest BCUT2D eigenvalue weighted by Crippen LogP contribution is 2.09. The van der Waals surface area contributed by atoms with Crippen molar-refractivity contribution in [1.82, 2.24) is 30.8 Å². The molecule has 0 unspecified atom stereocenters. The second kappa shape index (κ2) is 2.95. The second-order valence-corrected chi connectivity index (χ2v) is 2.04. The minimum absolute atomic E-state index is 0.687. The zero-order chi connectivity index (χ0) is 8.23. The molecular formula is C6H4N6. The summed E-state index contributed by atoms with van der Waals surface area (Å²) in [4.78, 5) is 0. The second-order valence-electron chi connectivity index (χ2n) is 2.04. The van der Waals surface area contributed by atoms with E-state index < -0.39 is 0 Å². The summed E-state index contributed by atoms with van der Waals surface area (Å²) in [6, 6.07) is 1.73. The molecule has 0 spiro atoms. The summed E-state index contributed by atoms with van der Waals surface area (Å²) < 4.78 is 0. The lowest BCUT2D eigenvalue weighted by Gasteiger charge is -1.93. The molecule has 0 aliphatic heterocycles. The van der Waals surface area contributed by atoms with Crippen LogP contribution in [-0.2, 0) is 0 Å². The van der Waals surface area contributed by atoms with Crippen molar-refractivity contribution in [2.75, 3.05) is 0 Å². The van der Waals surface area contributed by atoms with E-state index in [1.54, 1.807) is 24.7 Å². The van der Waals surface area contributed by atoms with Crippen LogP contribution in [0.25, 0.3) is 11.3 Å². The van der Waals surface area contributed by atoms with Crippen LogP contribution < -0.4 is 0 Å². The summed E-state index contributed by atoms with van der Waals surface area (Å²) in [7, 11) is 0. The largest absolute Gasteiger partial charge is 0.139 e. The molecule has 0 saturated heterocycles. The minimum Gasteiger partial charge on any atom is -0.139 e. The third-order valence-corrected chi connectivity index (χ3v) is 1.30. The van der Waals surface area contributed by atoms with Crippen molar-refractivity contribution in [3.8, 4) is 11.3 Å². The van der Waals surface area contributed by atoms with Crippen molar-refractivity contribution in [3.63, 3.8) is 0 Å². The lowest BCUT2D eigenvalue weighted by atomic mass is 10.2. The van der Waals surface area contributed by atoms with Gasteiger partial charge in [0.2, 0.25) is 0 Å². The van der Waals surface area contributed by atoms with Crippen LogP contribution in [0.15, 0.2) is 24.7 Å². The molecule has 0 aliphatic carbocycles. The van der Waals surface area contributed by atoms with E-state index in [0.717, 1.165) is 5.56 Å². The summed E-state index contributed by atoms with van der Waals surface area (Å²) in [5.41, 5.74) is 1.47. The van der Waals surface area contributed by atoms with Gasteiger partial charge in [-0.3, -0.25) is 0 Å². The lowest BCUT2D eigenvalue weighted by Crippen LogP contribution is -1.91. The number of nitrogens with zero attached hydrogens (tertiary/aromatic N) is 6. The highest BCUT2D eigenvalue weighted by molar-refractivity contribution is 5.54. The van der Waals surface area contributed by atoms with Gasteiger partial charge in [-0.25, -0.2) is 0 Å². The first-order valence-corrected chi connectivity index (χ1v) is 3.25. The van der Waals surface area contributed by atoms with Crippen LogP contribution in [0, 0.1) is 0 Å². The molecule has 2 rings (SSSR count). The van der Waals surface area contributed by atoms with Crippen molar-refractivity contribution in [3.05, 3.63) is 24.7 Å². The van der Waals surface area contributed by atoms with Crippen molar-refractivity contribution in [1.29, 1.82) is 0 Å². The van der Waals surface area contributed by atoms with E-state index in [0.29, 0.717) is 5.69 Å². The Balaban J connectivity index is 2.46. The molecule has 0 fully saturated rings. The van der Waals surface area contributed by atoms with Crippen LogP contribution in [0.3, 0.4) is 0 Å². The molecule has 0 N–H and O–H groups in total. The van der Waals surface area contributed by atoms with Crippen LogP contribution >= 0.6 is 0 Å². The Morgan fingerprint density at radius 3 is 2.42 bits per heavy atom. The molecule has 12 heavy (non-hydrogen) atoms. The molecule has 6 nitrogen and oxygen atoms in total. The Hall–Kier alpha value is -1.98. The SMILES string of the molecule is c1cc(-c2cnnnc2)nnn1. The average Bonchev–Trinajstić information content (AvgIpc) is 2.21. The Morgan fingerprint density at radius 2 is 1.75 bits per heavy atom. The van der Waals surface area contributed by atoms with Gasteiger partial charge in [-0.1, -0.05) is 0 Å². The maximum Gasteiger partial charge on any atom is 0.0995 e. The van der Waals surface area contributed by atoms with E-state index in [-0.39, 0.29) is 0 Å². The van der Waals surface area contributed by atoms with E-state index in [1.165, 1.54) is 0 Å². The Morgan fingerprint density at radius 1 is 0.917 bits per heavy atom. The molecule has 58 valence electrons. The molecular weight excluding hydrogens is 156 g/mol. The van der Waals surface area contributed by atoms with Gasteiger partial charge in [-0.05, 0) is 16.5 Å². The van der Waals surface area contributed by atoms with Gasteiger partial charge in [0.25, 0.3) is 0 Å². The molecule has 0 atom stereocenters. The summed E-state index contributed by atoms with van der Waals surface area (Å²) in [5.74, 6) is 0. The fraction of sp³-hybridized carbons (Fsp3) is 0. The Kier molecular flexibility index (Phi) is 1.65. The van der Waals surface area contributed by atoms with Crippen molar-refractivity contribution < 1.29 is 0 Å². The zero-order valence-electron chi connectivity index (χ0n) is 5.99. The Bertz CT molecular complexity index is 309. The average molecular weight is 160 g/mol. The van der Waals surface area contributed by atoms with Crippen LogP contribution in [0.1, 0.15) is 0 Å². The highest BCUT2D eigenvalue weighted by atomic mass is 15.3. The third kappa shape index (κ3) is 1.22. The number of hydrogen-bond acceptors (Lipinski definition) is 6. The molecule has 6 heteroatoms. The van der Waals surface area contributed by atoms with E-state index in [9.17, 15) is 0 Å². The maximum atomic E-state index is 3.78. The van der Waals surface area contributed by atoms with E-state index in [4.69, 9.17) is 0 Å². The standard InChI is InChI=1S/C6H4N6/c1-2-7-12-10-6(1)5-3-8-11-9-4-5/h1-4H. The first-order chi connectivity index (χ1) is 5.97. The quantitative estimate of drug-likeness (QED) is 0.571. The van der Waals surface area contributed by atoms with E-state index in [2.05, 4.69) is 30.8 Å². The van der Waals surface area contributed by atoms with E-state index >= 15 is 0 Å². The molecule has 0 bridgehead atoms. The molecule has 2 aromatic heterocycles. The van der Waals surface area contributed by atoms with Gasteiger partial charge in [0, 0.05) is 5.56 Å². The van der Waals surface area contributed by atoms with E-state index in [1.807, 2.05) is 0 Å². The summed E-state index contributed by atoms with van der Waals surface area (Å²) in [6.45, 7) is 0. The van der Waals surface area contributed by atoms with Gasteiger partial charge < -0.3 is 0 Å². The first-order valence-electron chi connectivity index (χ1n) is 3.25. The van der Waals surface area contributed by atoms with Gasteiger partial charge in [-0.2, -0.15) is 0 Å². The van der Waals surface area contributed by atoms with Gasteiger partial charge in [0.05, 0.1) is 24.3 Å². The number of rotatable bonds is 1. The molecule has 0 amide bonds. The van der Waals surface area contributed by atoms with Crippen molar-refractivity contribution in [2.24, 2.45) is 0 Å². The number of aromatic nitrogens is 6. The maximum absolute atomic E-state index is 3.78. The minimum atomic E-state index is 0.687. The topological polar surface area (TPSA) is 77.3 Å². The molecule has 2 aromatic rings. The normalized spacial score (nSPS) is 9.67. The monoisotopic (exact) mass is 160 g/mol. The van der Waals surface area contributed by atoms with Gasteiger partial charge in [0.15, 0.2) is 0 Å². The van der Waals surface area contributed by atoms with Crippen LogP contribution in [-0.4, -0.2) is 30.8 Å². The van der Waals surface area contributed by atoms with Crippen LogP contribution in [0.5, 0.6) is 0 Å². The molecule has 0 aromatic carbocycles. The third-order valence-electron chi connectivity index (χ3n) is 1.30. The van der Waals surface area contributed by atoms with Crippen LogP contribution in [0.4, 0.5) is 0 Å². The lowest BCUT2D eigenvalue weighted by molar-refractivity contribution is 0.848. The predicted octanol–water partition coefficient (Wildman–Crippen LogP) is -0.276. The smallest absolute Gasteiger partial charge is 0.0995 e. The molecule has 0 radical (unpaired) electrons.